The minimum absolute atomic E-state index is 0.421. The van der Waals surface area contributed by atoms with E-state index in [1.807, 2.05) is 206 Å². The number of hydrogen-bond acceptors (Lipinski definition) is 10. The van der Waals surface area contributed by atoms with Gasteiger partial charge in [0.2, 0.25) is 0 Å². The van der Waals surface area contributed by atoms with Crippen LogP contribution in [0.25, 0.3) is 157 Å². The molecule has 0 atom stereocenters. The van der Waals surface area contributed by atoms with Crippen molar-refractivity contribution in [3.63, 3.8) is 0 Å². The van der Waals surface area contributed by atoms with Crippen LogP contribution in [0.4, 0.5) is 0 Å². The molecule has 0 N–H and O–H groups in total. The van der Waals surface area contributed by atoms with Crippen molar-refractivity contribution in [2.24, 2.45) is 0 Å². The molecule has 0 radical (unpaired) electrons. The Labute approximate surface area is 504 Å². The first kappa shape index (κ1) is 51.2. The van der Waals surface area contributed by atoms with Crippen LogP contribution in [0.5, 0.6) is 0 Å². The summed E-state index contributed by atoms with van der Waals surface area (Å²) in [5, 5.41) is 15.6. The Morgan fingerprint density at radius 2 is 0.500 bits per heavy atom. The fraction of sp³-hybridized carbons (Fsp3) is 0. The van der Waals surface area contributed by atoms with Crippen molar-refractivity contribution < 1.29 is 0 Å². The van der Waals surface area contributed by atoms with E-state index in [9.17, 15) is 5.26 Å². The molecule has 0 aliphatic rings. The zero-order valence-corrected chi connectivity index (χ0v) is 46.9. The third-order valence-corrected chi connectivity index (χ3v) is 15.9. The van der Waals surface area contributed by atoms with Crippen LogP contribution >= 0.6 is 0 Å². The molecule has 5 heterocycles. The molecule has 16 rings (SSSR count). The fourth-order valence-electron chi connectivity index (χ4n) is 11.8. The van der Waals surface area contributed by atoms with Gasteiger partial charge in [0, 0.05) is 71.6 Å². The maximum atomic E-state index is 11.7. The predicted octanol–water partition coefficient (Wildman–Crippen LogP) is 17.3. The van der Waals surface area contributed by atoms with Crippen LogP contribution in [0.2, 0.25) is 0 Å². The van der Waals surface area contributed by atoms with E-state index in [1.54, 1.807) is 0 Å². The molecule has 0 saturated carbocycles. The molecular formula is C76H46N12. The fourth-order valence-corrected chi connectivity index (χ4v) is 11.8. The summed E-state index contributed by atoms with van der Waals surface area (Å²) in [6, 6.07) is 95.9. The maximum Gasteiger partial charge on any atom is 0.166 e. The van der Waals surface area contributed by atoms with Gasteiger partial charge in [0.15, 0.2) is 52.4 Å². The molecule has 0 amide bonds. The second-order valence-electron chi connectivity index (χ2n) is 21.3. The minimum Gasteiger partial charge on any atom is -0.308 e. The average Bonchev–Trinajstić information content (AvgIpc) is 2.67. The highest BCUT2D eigenvalue weighted by Crippen LogP contribution is 2.43. The third-order valence-electron chi connectivity index (χ3n) is 15.9. The van der Waals surface area contributed by atoms with Gasteiger partial charge >= 0.3 is 0 Å². The van der Waals surface area contributed by atoms with Crippen LogP contribution in [0.1, 0.15) is 5.56 Å². The lowest BCUT2D eigenvalue weighted by Gasteiger charge is -2.19. The Kier molecular flexibility index (Phi) is 12.6. The van der Waals surface area contributed by atoms with Crippen molar-refractivity contribution in [2.75, 3.05) is 0 Å². The lowest BCUT2D eigenvalue weighted by atomic mass is 10.0. The monoisotopic (exact) mass is 1130 g/mol. The van der Waals surface area contributed by atoms with Crippen LogP contribution in [-0.2, 0) is 0 Å². The maximum absolute atomic E-state index is 11.7. The Balaban J connectivity index is 0.935. The van der Waals surface area contributed by atoms with Crippen LogP contribution in [0.3, 0.4) is 0 Å². The number of nitrogens with zero attached hydrogens (tertiary/aromatic N) is 12. The highest BCUT2D eigenvalue weighted by molar-refractivity contribution is 6.12. The predicted molar refractivity (Wildman–Crippen MR) is 349 cm³/mol. The van der Waals surface area contributed by atoms with Gasteiger partial charge in [-0.15, -0.1) is 0 Å². The van der Waals surface area contributed by atoms with Gasteiger partial charge in [-0.1, -0.05) is 218 Å². The van der Waals surface area contributed by atoms with Crippen LogP contribution in [0, 0.1) is 11.3 Å². The van der Waals surface area contributed by atoms with Crippen molar-refractivity contribution in [2.45, 2.75) is 0 Å². The number of nitriles is 1. The lowest BCUT2D eigenvalue weighted by Crippen LogP contribution is -2.07. The zero-order valence-electron chi connectivity index (χ0n) is 46.9. The number of aromatic nitrogens is 11. The number of para-hydroxylation sites is 2. The highest BCUT2D eigenvalue weighted by Gasteiger charge is 2.26. The lowest BCUT2D eigenvalue weighted by molar-refractivity contribution is 1.06. The summed E-state index contributed by atoms with van der Waals surface area (Å²) in [6.07, 6.45) is 0. The quantitative estimate of drug-likeness (QED) is 0.122. The van der Waals surface area contributed by atoms with E-state index in [0.717, 1.165) is 88.1 Å². The van der Waals surface area contributed by atoms with Crippen LogP contribution in [0.15, 0.2) is 279 Å². The van der Waals surface area contributed by atoms with Crippen molar-refractivity contribution >= 4 is 43.6 Å². The molecular weight excluding hydrogens is 1080 g/mol. The van der Waals surface area contributed by atoms with E-state index >= 15 is 0 Å². The van der Waals surface area contributed by atoms with Gasteiger partial charge < -0.3 is 9.13 Å². The molecule has 410 valence electrons. The normalized spacial score (nSPS) is 11.4. The number of rotatable bonds is 11. The third kappa shape index (κ3) is 9.16. The summed E-state index contributed by atoms with van der Waals surface area (Å²) in [5.74, 6) is 4.79. The standard InChI is InChI=1S/C76H46N12/c77-47-56-45-67(88-63-38-22-20-36-58(63)60-44-55(40-42-65(60)88)75-83-70(50-27-11-3-12-28-50)79-71(84-75)51-29-13-4-14-30-51)61(76-85-72(52-31-15-5-16-32-52)80-73(86-76)53-33-17-6-18-34-53)46-66(56)87-62-37-21-19-35-57(62)59-43-54(39-41-64(59)87)74-81-68(48-23-7-1-8-24-48)78-69(82-74)49-25-9-2-10-26-49/h1-46H. The van der Waals surface area contributed by atoms with Gasteiger partial charge in [-0.2, -0.15) is 5.26 Å². The molecule has 0 aliphatic heterocycles. The first-order valence-electron chi connectivity index (χ1n) is 28.8. The molecule has 16 aromatic rings. The highest BCUT2D eigenvalue weighted by atomic mass is 15.1. The summed E-state index contributed by atoms with van der Waals surface area (Å²) in [5.41, 5.74) is 12.8. The first-order valence-corrected chi connectivity index (χ1v) is 28.8. The summed E-state index contributed by atoms with van der Waals surface area (Å²) < 4.78 is 4.40. The summed E-state index contributed by atoms with van der Waals surface area (Å²) in [6.45, 7) is 0. The van der Waals surface area contributed by atoms with Gasteiger partial charge in [0.05, 0.1) is 39.0 Å². The van der Waals surface area contributed by atoms with Gasteiger partial charge in [-0.25, -0.2) is 44.9 Å². The Bertz CT molecular complexity index is 5210. The van der Waals surface area contributed by atoms with Gasteiger partial charge in [0.25, 0.3) is 0 Å². The zero-order chi connectivity index (χ0) is 58.5. The smallest absolute Gasteiger partial charge is 0.166 e. The molecule has 0 fully saturated rings. The van der Waals surface area contributed by atoms with E-state index in [1.165, 1.54) is 0 Å². The van der Waals surface area contributed by atoms with Crippen molar-refractivity contribution in [1.82, 2.24) is 54.0 Å². The molecule has 0 bridgehead atoms. The molecule has 11 aromatic carbocycles. The molecule has 0 spiro atoms. The Hall–Kier alpha value is -12.5. The summed E-state index contributed by atoms with van der Waals surface area (Å²) in [4.78, 5) is 46.3. The van der Waals surface area contributed by atoms with Gasteiger partial charge in [-0.05, 0) is 60.7 Å². The first-order chi connectivity index (χ1) is 43.6. The summed E-state index contributed by atoms with van der Waals surface area (Å²) >= 11 is 0. The second-order valence-corrected chi connectivity index (χ2v) is 21.3. The van der Waals surface area contributed by atoms with E-state index in [2.05, 4.69) is 88.0 Å². The number of fused-ring (bicyclic) bond motifs is 6. The molecule has 0 saturated heterocycles. The average molecular weight is 1130 g/mol. The molecule has 5 aromatic heterocycles. The van der Waals surface area contributed by atoms with Crippen molar-refractivity contribution in [3.8, 4) is 120 Å². The number of benzene rings is 11. The molecule has 12 heteroatoms. The molecule has 88 heavy (non-hydrogen) atoms. The number of hydrogen-bond donors (Lipinski definition) is 0. The Morgan fingerprint density at radius 3 is 0.830 bits per heavy atom. The van der Waals surface area contributed by atoms with Gasteiger partial charge in [0.1, 0.15) is 6.07 Å². The molecule has 0 unspecified atom stereocenters. The van der Waals surface area contributed by atoms with Crippen LogP contribution in [-0.4, -0.2) is 54.0 Å². The van der Waals surface area contributed by atoms with Crippen molar-refractivity contribution in [3.05, 3.63) is 285 Å². The van der Waals surface area contributed by atoms with Crippen LogP contribution < -0.4 is 0 Å². The van der Waals surface area contributed by atoms with Gasteiger partial charge in [-0.3, -0.25) is 0 Å². The SMILES string of the molecule is N#Cc1cc(-n2c3ccccc3c3cc(-c4nc(-c5ccccc5)nc(-c5ccccc5)n4)ccc32)c(-c2nc(-c3ccccc3)nc(-c3ccccc3)n2)cc1-n1c2ccccc2c2cc(-c3nc(-c4ccccc4)nc(-c4ccccc4)n3)ccc21. The Morgan fingerprint density at radius 1 is 0.227 bits per heavy atom. The van der Waals surface area contributed by atoms with E-state index in [4.69, 9.17) is 44.9 Å². The largest absolute Gasteiger partial charge is 0.308 e. The molecule has 0 aliphatic carbocycles. The molecule has 12 nitrogen and oxygen atoms in total. The minimum atomic E-state index is 0.421. The van der Waals surface area contributed by atoms with E-state index < -0.39 is 0 Å². The van der Waals surface area contributed by atoms with E-state index in [-0.39, 0.29) is 0 Å². The topological polar surface area (TPSA) is 150 Å². The second kappa shape index (κ2) is 21.6. The summed E-state index contributed by atoms with van der Waals surface area (Å²) in [7, 11) is 0. The van der Waals surface area contributed by atoms with E-state index in [0.29, 0.717) is 74.9 Å². The van der Waals surface area contributed by atoms with Crippen molar-refractivity contribution in [1.29, 1.82) is 5.26 Å².